The average Bonchev–Trinajstić information content (AvgIpc) is 3.37. The summed E-state index contributed by atoms with van der Waals surface area (Å²) in [6, 6.07) is 0. The van der Waals surface area contributed by atoms with Crippen molar-refractivity contribution in [1.82, 2.24) is 0 Å². The van der Waals surface area contributed by atoms with Crippen LogP contribution in [0.3, 0.4) is 0 Å². The second-order valence-corrected chi connectivity index (χ2v) is 21.3. The minimum Gasteiger partial charge on any atom is -0.462 e. The van der Waals surface area contributed by atoms with Gasteiger partial charge in [-0.15, -0.1) is 0 Å². The smallest absolute Gasteiger partial charge is 0.306 e. The number of allylic oxidation sites excluding steroid dienone is 6. The van der Waals surface area contributed by atoms with Gasteiger partial charge in [-0.3, -0.25) is 14.4 Å². The van der Waals surface area contributed by atoms with Gasteiger partial charge >= 0.3 is 17.9 Å². The zero-order valence-corrected chi connectivity index (χ0v) is 47.8. The largest absolute Gasteiger partial charge is 0.462 e. The van der Waals surface area contributed by atoms with Gasteiger partial charge in [0.25, 0.3) is 0 Å². The molecule has 0 amide bonds. The third kappa shape index (κ3) is 58.4. The Bertz CT molecular complexity index is 1190. The maximum absolute atomic E-state index is 12.9. The number of unbranched alkanes of at least 4 members (excludes halogenated alkanes) is 41. The summed E-state index contributed by atoms with van der Waals surface area (Å²) >= 11 is 0. The Kier molecular flexibility index (Phi) is 58.2. The number of hydrogen-bond donors (Lipinski definition) is 0. The lowest BCUT2D eigenvalue weighted by Gasteiger charge is -2.18. The van der Waals surface area contributed by atoms with Crippen molar-refractivity contribution in [2.24, 2.45) is 0 Å². The highest BCUT2D eigenvalue weighted by Gasteiger charge is 2.19. The van der Waals surface area contributed by atoms with Crippen molar-refractivity contribution in [3.63, 3.8) is 0 Å². The fourth-order valence-corrected chi connectivity index (χ4v) is 9.39. The highest BCUT2D eigenvalue weighted by atomic mass is 16.6. The normalized spacial score (nSPS) is 12.2. The number of carbonyl (C=O) groups is 3. The van der Waals surface area contributed by atoms with Crippen molar-refractivity contribution in [1.29, 1.82) is 0 Å². The lowest BCUT2D eigenvalue weighted by atomic mass is 10.0. The molecule has 416 valence electrons. The Hall–Kier alpha value is -2.37. The summed E-state index contributed by atoms with van der Waals surface area (Å²) < 4.78 is 16.9. The van der Waals surface area contributed by atoms with Gasteiger partial charge in [-0.2, -0.15) is 0 Å². The van der Waals surface area contributed by atoms with Gasteiger partial charge < -0.3 is 14.2 Å². The Morgan fingerprint density at radius 2 is 0.507 bits per heavy atom. The molecule has 0 aliphatic heterocycles. The molecule has 0 aromatic rings. The van der Waals surface area contributed by atoms with E-state index >= 15 is 0 Å². The van der Waals surface area contributed by atoms with E-state index in [1.165, 1.54) is 225 Å². The van der Waals surface area contributed by atoms with Crippen LogP contribution in [0.1, 0.15) is 342 Å². The highest BCUT2D eigenvalue weighted by molar-refractivity contribution is 5.71. The van der Waals surface area contributed by atoms with E-state index in [9.17, 15) is 14.4 Å². The Balaban J connectivity index is 4.35. The average molecular weight is 998 g/mol. The number of carbonyl (C=O) groups excluding carboxylic acids is 3. The van der Waals surface area contributed by atoms with Crippen molar-refractivity contribution in [2.45, 2.75) is 348 Å². The van der Waals surface area contributed by atoms with Crippen LogP contribution in [0.5, 0.6) is 0 Å². The number of hydrogen-bond acceptors (Lipinski definition) is 6. The quantitative estimate of drug-likeness (QED) is 0.0261. The van der Waals surface area contributed by atoms with Crippen LogP contribution in [0.15, 0.2) is 36.5 Å². The van der Waals surface area contributed by atoms with Gasteiger partial charge in [-0.25, -0.2) is 0 Å². The fraction of sp³-hybridized carbons (Fsp3) is 0.862. The summed E-state index contributed by atoms with van der Waals surface area (Å²) in [5.74, 6) is -0.858. The summed E-state index contributed by atoms with van der Waals surface area (Å²) in [7, 11) is 0. The zero-order chi connectivity index (χ0) is 51.4. The van der Waals surface area contributed by atoms with Gasteiger partial charge in [0.2, 0.25) is 0 Å². The second-order valence-electron chi connectivity index (χ2n) is 21.3. The van der Waals surface area contributed by atoms with E-state index in [1.807, 2.05) is 0 Å². The summed E-state index contributed by atoms with van der Waals surface area (Å²) in [5.41, 5.74) is 0. The first kappa shape index (κ1) is 68.6. The summed E-state index contributed by atoms with van der Waals surface area (Å²) in [6.07, 6.45) is 72.8. The van der Waals surface area contributed by atoms with Gasteiger partial charge in [0.1, 0.15) is 13.2 Å². The summed E-state index contributed by atoms with van der Waals surface area (Å²) in [6.45, 7) is 6.67. The van der Waals surface area contributed by atoms with Crippen LogP contribution in [-0.4, -0.2) is 37.2 Å². The predicted octanol–water partition coefficient (Wildman–Crippen LogP) is 21.2. The molecular formula is C65H120O6. The van der Waals surface area contributed by atoms with Crippen LogP contribution in [0.2, 0.25) is 0 Å². The highest BCUT2D eigenvalue weighted by Crippen LogP contribution is 2.17. The van der Waals surface area contributed by atoms with Crippen molar-refractivity contribution < 1.29 is 28.6 Å². The number of esters is 3. The molecule has 0 aliphatic rings. The monoisotopic (exact) mass is 997 g/mol. The van der Waals surface area contributed by atoms with E-state index in [4.69, 9.17) is 14.2 Å². The molecule has 0 aromatic carbocycles. The zero-order valence-electron chi connectivity index (χ0n) is 47.8. The van der Waals surface area contributed by atoms with Gasteiger partial charge in [0.15, 0.2) is 6.10 Å². The molecule has 6 nitrogen and oxygen atoms in total. The van der Waals surface area contributed by atoms with E-state index in [2.05, 4.69) is 57.2 Å². The third-order valence-corrected chi connectivity index (χ3v) is 14.1. The van der Waals surface area contributed by atoms with Crippen molar-refractivity contribution in [3.05, 3.63) is 36.5 Å². The standard InChI is InChI=1S/C65H120O6/c1-4-7-10-13-16-19-22-25-28-31-32-35-37-40-43-46-49-52-55-58-64(67)70-61-62(71-65(68)59-56-53-50-47-44-41-38-34-30-27-24-21-18-15-12-9-6-3)60-69-63(66)57-54-51-48-45-42-39-36-33-29-26-23-20-17-14-11-8-5-2/h16,19,25,28,32,35,62H,4-15,17-18,20-24,26-27,29-31,33-34,36-61H2,1-3H3/b19-16-,28-25-,35-32-. The van der Waals surface area contributed by atoms with E-state index < -0.39 is 6.10 Å². The first-order valence-corrected chi connectivity index (χ1v) is 31.5. The maximum Gasteiger partial charge on any atom is 0.306 e. The minimum atomic E-state index is -0.774. The van der Waals surface area contributed by atoms with Crippen LogP contribution in [0.4, 0.5) is 0 Å². The molecule has 0 rings (SSSR count). The van der Waals surface area contributed by atoms with Gasteiger partial charge in [0, 0.05) is 19.3 Å². The molecule has 71 heavy (non-hydrogen) atoms. The molecule has 0 saturated heterocycles. The molecule has 0 N–H and O–H groups in total. The topological polar surface area (TPSA) is 78.9 Å². The molecule has 1 unspecified atom stereocenters. The molecule has 0 saturated carbocycles. The van der Waals surface area contributed by atoms with Crippen molar-refractivity contribution in [3.8, 4) is 0 Å². The van der Waals surface area contributed by atoms with E-state index in [-0.39, 0.29) is 31.1 Å². The van der Waals surface area contributed by atoms with Gasteiger partial charge in [0.05, 0.1) is 0 Å². The maximum atomic E-state index is 12.9. The lowest BCUT2D eigenvalue weighted by Crippen LogP contribution is -2.30. The summed E-state index contributed by atoms with van der Waals surface area (Å²) in [5, 5.41) is 0. The van der Waals surface area contributed by atoms with E-state index in [0.717, 1.165) is 77.0 Å². The lowest BCUT2D eigenvalue weighted by molar-refractivity contribution is -0.167. The van der Waals surface area contributed by atoms with Crippen LogP contribution >= 0.6 is 0 Å². The van der Waals surface area contributed by atoms with Crippen LogP contribution < -0.4 is 0 Å². The molecule has 0 fully saturated rings. The molecule has 0 aromatic heterocycles. The van der Waals surface area contributed by atoms with Crippen molar-refractivity contribution in [2.75, 3.05) is 13.2 Å². The third-order valence-electron chi connectivity index (χ3n) is 14.1. The Morgan fingerprint density at radius 1 is 0.282 bits per heavy atom. The van der Waals surface area contributed by atoms with Crippen LogP contribution in [0, 0.1) is 0 Å². The first-order valence-electron chi connectivity index (χ1n) is 31.5. The molecule has 0 bridgehead atoms. The van der Waals surface area contributed by atoms with E-state index in [0.29, 0.717) is 19.3 Å². The first-order chi connectivity index (χ1) is 35.0. The van der Waals surface area contributed by atoms with Gasteiger partial charge in [-0.05, 0) is 57.8 Å². The fourth-order valence-electron chi connectivity index (χ4n) is 9.39. The summed E-state index contributed by atoms with van der Waals surface area (Å²) in [4.78, 5) is 38.3. The Morgan fingerprint density at radius 3 is 0.817 bits per heavy atom. The van der Waals surface area contributed by atoms with E-state index in [1.54, 1.807) is 0 Å². The second kappa shape index (κ2) is 60.2. The molecule has 0 spiro atoms. The molecule has 0 heterocycles. The SMILES string of the molecule is CCCCC/C=C\C/C=C\C/C=C\CCCCCCCCC(=O)OCC(COC(=O)CCCCCCCCCCCCCCCCCCC)OC(=O)CCCCCCCCCCCCCCCCCCC. The molecule has 1 atom stereocenters. The van der Waals surface area contributed by atoms with Gasteiger partial charge in [-0.1, -0.05) is 301 Å². The molecule has 0 radical (unpaired) electrons. The van der Waals surface area contributed by atoms with Crippen LogP contribution in [-0.2, 0) is 28.6 Å². The number of ether oxygens (including phenoxy) is 3. The Labute approximate surface area is 442 Å². The molecule has 6 heteroatoms. The predicted molar refractivity (Wildman–Crippen MR) is 307 cm³/mol. The minimum absolute atomic E-state index is 0.0708. The number of rotatable bonds is 58. The van der Waals surface area contributed by atoms with Crippen molar-refractivity contribution >= 4 is 17.9 Å². The molecular weight excluding hydrogens is 877 g/mol. The molecule has 0 aliphatic carbocycles. The van der Waals surface area contributed by atoms with Crippen LogP contribution in [0.25, 0.3) is 0 Å².